The van der Waals surface area contributed by atoms with Gasteiger partial charge < -0.3 is 15.4 Å². The third-order valence-electron chi connectivity index (χ3n) is 4.88. The van der Waals surface area contributed by atoms with Gasteiger partial charge in [-0.15, -0.1) is 11.8 Å². The number of amides is 3. The van der Waals surface area contributed by atoms with Crippen molar-refractivity contribution in [3.05, 3.63) is 69.8 Å². The minimum Gasteiger partial charge on any atom is -0.456 e. The van der Waals surface area contributed by atoms with E-state index < -0.39 is 18.0 Å². The second kappa shape index (κ2) is 8.53. The van der Waals surface area contributed by atoms with Crippen molar-refractivity contribution in [3.63, 3.8) is 0 Å². The Morgan fingerprint density at radius 1 is 1.20 bits per heavy atom. The Kier molecular flexibility index (Phi) is 5.83. The molecule has 30 heavy (non-hydrogen) atoms. The summed E-state index contributed by atoms with van der Waals surface area (Å²) < 4.78 is 6.09. The Morgan fingerprint density at radius 3 is 2.57 bits per heavy atom. The topological polar surface area (TPSA) is 87.7 Å². The first-order valence-electron chi connectivity index (χ1n) is 9.14. The van der Waals surface area contributed by atoms with E-state index in [4.69, 9.17) is 4.74 Å². The summed E-state index contributed by atoms with van der Waals surface area (Å²) in [5.41, 5.74) is 2.18. The van der Waals surface area contributed by atoms with Crippen molar-refractivity contribution in [1.29, 1.82) is 0 Å². The molecule has 0 bridgehead atoms. The van der Waals surface area contributed by atoms with Gasteiger partial charge in [-0.05, 0) is 48.2 Å². The van der Waals surface area contributed by atoms with Crippen molar-refractivity contribution >= 4 is 51.3 Å². The molecule has 2 aliphatic rings. The minimum atomic E-state index is -0.607. The first-order chi connectivity index (χ1) is 14.5. The smallest absolute Gasteiger partial charge is 0.338 e. The molecule has 0 aliphatic carbocycles. The van der Waals surface area contributed by atoms with Crippen LogP contribution < -0.4 is 10.6 Å². The van der Waals surface area contributed by atoms with Crippen LogP contribution in [0.25, 0.3) is 0 Å². The lowest BCUT2D eigenvalue weighted by Crippen LogP contribution is -2.49. The van der Waals surface area contributed by atoms with Crippen LogP contribution >= 0.6 is 27.7 Å². The standard InChI is InChI=1S/C21H18BrN3O4S/c1-30-15-8-2-12(3-9-15)19-18-16(11-29-20(18)27)25(21(28)24-19)10-17(26)23-14-6-4-13(22)5-7-14/h2-9,19H,10-11H2,1H3,(H,23,26)(H,24,28)/t19-/m1/s1. The first kappa shape index (κ1) is 20.5. The SMILES string of the molecule is CSc1ccc([C@H]2NC(=O)N(CC(=O)Nc3ccc(Br)cc3)C3=C2C(=O)OC3)cc1. The highest BCUT2D eigenvalue weighted by Crippen LogP contribution is 2.35. The number of cyclic esters (lactones) is 1. The Labute approximate surface area is 186 Å². The van der Waals surface area contributed by atoms with Crippen molar-refractivity contribution in [2.24, 2.45) is 0 Å². The number of thioether (sulfide) groups is 1. The van der Waals surface area contributed by atoms with Gasteiger partial charge in [0.2, 0.25) is 5.91 Å². The quantitative estimate of drug-likeness (QED) is 0.495. The molecule has 0 spiro atoms. The van der Waals surface area contributed by atoms with E-state index in [0.717, 1.165) is 14.9 Å². The number of nitrogens with one attached hydrogen (secondary N) is 2. The van der Waals surface area contributed by atoms with Crippen molar-refractivity contribution < 1.29 is 19.1 Å². The molecule has 1 atom stereocenters. The lowest BCUT2D eigenvalue weighted by atomic mass is 9.96. The summed E-state index contributed by atoms with van der Waals surface area (Å²) in [4.78, 5) is 40.1. The van der Waals surface area contributed by atoms with Gasteiger partial charge in [0.15, 0.2) is 0 Å². The Balaban J connectivity index is 1.57. The average Bonchev–Trinajstić information content (AvgIpc) is 3.13. The number of hydrogen-bond acceptors (Lipinski definition) is 5. The van der Waals surface area contributed by atoms with Crippen LogP contribution in [0.4, 0.5) is 10.5 Å². The van der Waals surface area contributed by atoms with Crippen molar-refractivity contribution in [2.45, 2.75) is 10.9 Å². The molecule has 2 aliphatic heterocycles. The summed E-state index contributed by atoms with van der Waals surface area (Å²) in [6.07, 6.45) is 1.98. The Bertz CT molecular complexity index is 1040. The van der Waals surface area contributed by atoms with Gasteiger partial charge in [0.05, 0.1) is 17.3 Å². The van der Waals surface area contributed by atoms with Crippen LogP contribution in [0.5, 0.6) is 0 Å². The molecule has 0 radical (unpaired) electrons. The molecular formula is C21H18BrN3O4S. The molecule has 2 heterocycles. The molecule has 9 heteroatoms. The third-order valence-corrected chi connectivity index (χ3v) is 6.15. The fraction of sp³-hybridized carbons (Fsp3) is 0.190. The van der Waals surface area contributed by atoms with Gasteiger partial charge in [-0.2, -0.15) is 0 Å². The molecule has 0 aromatic heterocycles. The van der Waals surface area contributed by atoms with Crippen LogP contribution in [0.15, 0.2) is 69.2 Å². The highest BCUT2D eigenvalue weighted by atomic mass is 79.9. The number of esters is 1. The molecule has 2 aromatic rings. The summed E-state index contributed by atoms with van der Waals surface area (Å²) in [6, 6.07) is 13.7. The van der Waals surface area contributed by atoms with Gasteiger partial charge in [0, 0.05) is 15.1 Å². The van der Waals surface area contributed by atoms with E-state index in [2.05, 4.69) is 26.6 Å². The average molecular weight is 488 g/mol. The van der Waals surface area contributed by atoms with E-state index in [-0.39, 0.29) is 19.1 Å². The summed E-state index contributed by atoms with van der Waals surface area (Å²) in [6.45, 7) is -0.262. The third kappa shape index (κ3) is 4.08. The number of carbonyl (C=O) groups is 3. The zero-order valence-electron chi connectivity index (χ0n) is 16.0. The second-order valence-electron chi connectivity index (χ2n) is 6.73. The number of anilines is 1. The van der Waals surface area contributed by atoms with Crippen LogP contribution in [0, 0.1) is 0 Å². The molecular weight excluding hydrogens is 470 g/mol. The maximum atomic E-state index is 12.8. The Morgan fingerprint density at radius 2 is 1.90 bits per heavy atom. The molecule has 0 saturated carbocycles. The number of benzene rings is 2. The molecule has 4 rings (SSSR count). The fourth-order valence-corrected chi connectivity index (χ4v) is 4.07. The van der Waals surface area contributed by atoms with Gasteiger partial charge in [0.1, 0.15) is 13.2 Å². The summed E-state index contributed by atoms with van der Waals surface area (Å²) in [5.74, 6) is -0.858. The summed E-state index contributed by atoms with van der Waals surface area (Å²) >= 11 is 4.95. The number of ether oxygens (including phenoxy) is 1. The number of carbonyl (C=O) groups excluding carboxylic acids is 3. The van der Waals surface area contributed by atoms with Gasteiger partial charge in [-0.1, -0.05) is 28.1 Å². The molecule has 2 N–H and O–H groups in total. The predicted molar refractivity (Wildman–Crippen MR) is 117 cm³/mol. The van der Waals surface area contributed by atoms with Crippen molar-refractivity contribution in [2.75, 3.05) is 24.7 Å². The van der Waals surface area contributed by atoms with E-state index in [1.54, 1.807) is 36.0 Å². The Hall–Kier alpha value is -2.78. The molecule has 0 saturated heterocycles. The molecule has 7 nitrogen and oxygen atoms in total. The molecule has 0 fully saturated rings. The fourth-order valence-electron chi connectivity index (χ4n) is 3.40. The van der Waals surface area contributed by atoms with Crippen LogP contribution in [-0.2, 0) is 14.3 Å². The van der Waals surface area contributed by atoms with Crippen molar-refractivity contribution in [1.82, 2.24) is 10.2 Å². The number of halogens is 1. The summed E-state index contributed by atoms with van der Waals surface area (Å²) in [7, 11) is 0. The molecule has 154 valence electrons. The van der Waals surface area contributed by atoms with E-state index in [9.17, 15) is 14.4 Å². The lowest BCUT2D eigenvalue weighted by molar-refractivity contribution is -0.136. The van der Waals surface area contributed by atoms with E-state index in [1.807, 2.05) is 30.5 Å². The zero-order chi connectivity index (χ0) is 21.3. The van der Waals surface area contributed by atoms with Crippen LogP contribution in [0.1, 0.15) is 11.6 Å². The van der Waals surface area contributed by atoms with Gasteiger partial charge in [-0.3, -0.25) is 9.69 Å². The predicted octanol–water partition coefficient (Wildman–Crippen LogP) is 3.69. The van der Waals surface area contributed by atoms with Crippen molar-refractivity contribution in [3.8, 4) is 0 Å². The zero-order valence-corrected chi connectivity index (χ0v) is 18.4. The maximum absolute atomic E-state index is 12.8. The minimum absolute atomic E-state index is 0.0352. The van der Waals surface area contributed by atoms with E-state index in [0.29, 0.717) is 17.0 Å². The van der Waals surface area contributed by atoms with Crippen LogP contribution in [-0.4, -0.2) is 42.2 Å². The first-order valence-corrected chi connectivity index (χ1v) is 11.2. The monoisotopic (exact) mass is 487 g/mol. The number of hydrogen-bond donors (Lipinski definition) is 2. The molecule has 0 unspecified atom stereocenters. The summed E-state index contributed by atoms with van der Waals surface area (Å²) in [5, 5.41) is 5.59. The number of nitrogens with zero attached hydrogens (tertiary/aromatic N) is 1. The second-order valence-corrected chi connectivity index (χ2v) is 8.53. The van der Waals surface area contributed by atoms with Crippen LogP contribution in [0.2, 0.25) is 0 Å². The highest BCUT2D eigenvalue weighted by molar-refractivity contribution is 9.10. The van der Waals surface area contributed by atoms with E-state index in [1.165, 1.54) is 4.90 Å². The largest absolute Gasteiger partial charge is 0.456 e. The molecule has 3 amide bonds. The van der Waals surface area contributed by atoms with E-state index >= 15 is 0 Å². The highest BCUT2D eigenvalue weighted by Gasteiger charge is 2.42. The van der Waals surface area contributed by atoms with Gasteiger partial charge in [0.25, 0.3) is 0 Å². The number of urea groups is 1. The van der Waals surface area contributed by atoms with Gasteiger partial charge in [-0.25, -0.2) is 9.59 Å². The lowest BCUT2D eigenvalue weighted by Gasteiger charge is -2.32. The normalized spacial score (nSPS) is 18.1. The maximum Gasteiger partial charge on any atom is 0.338 e. The van der Waals surface area contributed by atoms with Crippen LogP contribution in [0.3, 0.4) is 0 Å². The molecule has 2 aromatic carbocycles. The van der Waals surface area contributed by atoms with Gasteiger partial charge >= 0.3 is 12.0 Å². The number of rotatable bonds is 5.